The Morgan fingerprint density at radius 1 is 1.50 bits per heavy atom. The monoisotopic (exact) mass is 247 g/mol. The fourth-order valence-electron chi connectivity index (χ4n) is 2.26. The zero-order chi connectivity index (χ0) is 13.3. The normalized spacial score (nSPS) is 12.6. The summed E-state index contributed by atoms with van der Waals surface area (Å²) in [5.74, 6) is -0.346. The Morgan fingerprint density at radius 3 is 2.83 bits per heavy atom. The van der Waals surface area contributed by atoms with Crippen molar-refractivity contribution in [1.29, 1.82) is 0 Å². The largest absolute Gasteiger partial charge is 0.495 e. The first-order valence-electron chi connectivity index (χ1n) is 5.88. The maximum absolute atomic E-state index is 10.9. The van der Waals surface area contributed by atoms with E-state index in [-0.39, 0.29) is 5.92 Å². The van der Waals surface area contributed by atoms with Crippen molar-refractivity contribution in [3.63, 3.8) is 0 Å². The molecule has 0 fully saturated rings. The number of carboxylic acids is 1. The van der Waals surface area contributed by atoms with Crippen LogP contribution in [0.1, 0.15) is 12.5 Å². The van der Waals surface area contributed by atoms with E-state index in [2.05, 4.69) is 0 Å². The Kier molecular flexibility index (Phi) is 3.28. The van der Waals surface area contributed by atoms with Gasteiger partial charge in [-0.05, 0) is 18.1 Å². The van der Waals surface area contributed by atoms with Gasteiger partial charge in [0.2, 0.25) is 0 Å². The van der Waals surface area contributed by atoms with Gasteiger partial charge in [0, 0.05) is 18.6 Å². The highest BCUT2D eigenvalue weighted by molar-refractivity contribution is 5.89. The molecule has 2 aromatic rings. The molecule has 1 unspecified atom stereocenters. The zero-order valence-electron chi connectivity index (χ0n) is 10.8. The van der Waals surface area contributed by atoms with E-state index in [1.807, 2.05) is 36.0 Å². The summed E-state index contributed by atoms with van der Waals surface area (Å²) in [6.07, 6.45) is 2.51. The molecule has 18 heavy (non-hydrogen) atoms. The zero-order valence-corrected chi connectivity index (χ0v) is 10.8. The number of fused-ring (bicyclic) bond motifs is 1. The molecule has 0 saturated carbocycles. The molecule has 1 heterocycles. The predicted molar refractivity (Wildman–Crippen MR) is 70.0 cm³/mol. The molecule has 96 valence electrons. The molecule has 0 aliphatic rings. The van der Waals surface area contributed by atoms with Crippen LogP contribution in [0.15, 0.2) is 24.4 Å². The quantitative estimate of drug-likeness (QED) is 0.902. The van der Waals surface area contributed by atoms with Crippen molar-refractivity contribution in [2.45, 2.75) is 13.3 Å². The maximum Gasteiger partial charge on any atom is 0.306 e. The van der Waals surface area contributed by atoms with E-state index < -0.39 is 5.97 Å². The molecule has 2 rings (SSSR count). The van der Waals surface area contributed by atoms with Gasteiger partial charge in [0.1, 0.15) is 5.75 Å². The first-order chi connectivity index (χ1) is 8.54. The molecule has 0 bridgehead atoms. The second-order valence-corrected chi connectivity index (χ2v) is 4.57. The number of hydrogen-bond acceptors (Lipinski definition) is 2. The second kappa shape index (κ2) is 4.72. The number of hydrogen-bond donors (Lipinski definition) is 1. The van der Waals surface area contributed by atoms with Crippen LogP contribution in [-0.2, 0) is 18.3 Å². The van der Waals surface area contributed by atoms with E-state index in [9.17, 15) is 4.79 Å². The Labute approximate surface area is 106 Å². The van der Waals surface area contributed by atoms with Gasteiger partial charge in [0.25, 0.3) is 0 Å². The van der Waals surface area contributed by atoms with Crippen LogP contribution in [0, 0.1) is 5.92 Å². The number of methoxy groups -OCH3 is 1. The lowest BCUT2D eigenvalue weighted by Gasteiger charge is -2.05. The lowest BCUT2D eigenvalue weighted by molar-refractivity contribution is -0.141. The van der Waals surface area contributed by atoms with Crippen molar-refractivity contribution in [2.75, 3.05) is 7.11 Å². The number of aliphatic carboxylic acids is 1. The van der Waals surface area contributed by atoms with Crippen molar-refractivity contribution >= 4 is 16.9 Å². The molecule has 0 aliphatic carbocycles. The number of aromatic nitrogens is 1. The topological polar surface area (TPSA) is 51.5 Å². The van der Waals surface area contributed by atoms with Gasteiger partial charge in [0.15, 0.2) is 0 Å². The predicted octanol–water partition coefficient (Wildman–Crippen LogP) is 2.45. The summed E-state index contributed by atoms with van der Waals surface area (Å²) in [6.45, 7) is 1.72. The summed E-state index contributed by atoms with van der Waals surface area (Å²) < 4.78 is 7.32. The number of aryl methyl sites for hydroxylation is 1. The fourth-order valence-corrected chi connectivity index (χ4v) is 2.26. The molecule has 0 saturated heterocycles. The Morgan fingerprint density at radius 2 is 2.22 bits per heavy atom. The highest BCUT2D eigenvalue weighted by Crippen LogP contribution is 2.30. The van der Waals surface area contributed by atoms with E-state index in [1.165, 1.54) is 0 Å². The average molecular weight is 247 g/mol. The average Bonchev–Trinajstić information content (AvgIpc) is 2.66. The summed E-state index contributed by atoms with van der Waals surface area (Å²) in [6, 6.07) is 5.84. The minimum absolute atomic E-state index is 0.387. The van der Waals surface area contributed by atoms with Gasteiger partial charge in [-0.2, -0.15) is 0 Å². The molecule has 1 atom stereocenters. The SMILES string of the molecule is COc1cccc2c(CC(C)C(=O)O)cn(C)c12. The number of carbonyl (C=O) groups is 1. The molecule has 1 N–H and O–H groups in total. The minimum Gasteiger partial charge on any atom is -0.495 e. The highest BCUT2D eigenvalue weighted by atomic mass is 16.5. The smallest absolute Gasteiger partial charge is 0.306 e. The Balaban J connectivity index is 2.50. The van der Waals surface area contributed by atoms with Crippen LogP contribution in [0.4, 0.5) is 0 Å². The summed E-state index contributed by atoms with van der Waals surface area (Å²) in [5.41, 5.74) is 2.05. The summed E-state index contributed by atoms with van der Waals surface area (Å²) in [4.78, 5) is 10.9. The van der Waals surface area contributed by atoms with Gasteiger partial charge in [-0.25, -0.2) is 0 Å². The van der Waals surface area contributed by atoms with E-state index in [0.717, 1.165) is 22.2 Å². The van der Waals surface area contributed by atoms with Crippen LogP contribution in [0.5, 0.6) is 5.75 Å². The molecule has 4 heteroatoms. The van der Waals surface area contributed by atoms with Crippen LogP contribution in [-0.4, -0.2) is 22.8 Å². The molecular formula is C14H17NO3. The highest BCUT2D eigenvalue weighted by Gasteiger charge is 2.16. The molecule has 1 aromatic carbocycles. The third-order valence-electron chi connectivity index (χ3n) is 3.21. The fraction of sp³-hybridized carbons (Fsp3) is 0.357. The van der Waals surface area contributed by atoms with E-state index in [1.54, 1.807) is 14.0 Å². The molecule has 0 spiro atoms. The first kappa shape index (κ1) is 12.5. The third kappa shape index (κ3) is 2.06. The number of rotatable bonds is 4. The van der Waals surface area contributed by atoms with Crippen molar-refractivity contribution in [3.05, 3.63) is 30.0 Å². The van der Waals surface area contributed by atoms with Gasteiger partial charge < -0.3 is 14.4 Å². The molecule has 1 aromatic heterocycles. The van der Waals surface area contributed by atoms with Gasteiger partial charge >= 0.3 is 5.97 Å². The lowest BCUT2D eigenvalue weighted by atomic mass is 10.0. The van der Waals surface area contributed by atoms with Gasteiger partial charge in [-0.3, -0.25) is 4.79 Å². The summed E-state index contributed by atoms with van der Waals surface area (Å²) >= 11 is 0. The summed E-state index contributed by atoms with van der Waals surface area (Å²) in [7, 11) is 3.58. The number of para-hydroxylation sites is 1. The van der Waals surface area contributed by atoms with Gasteiger partial charge in [-0.1, -0.05) is 19.1 Å². The van der Waals surface area contributed by atoms with Crippen molar-refractivity contribution < 1.29 is 14.6 Å². The van der Waals surface area contributed by atoms with Crippen molar-refractivity contribution in [3.8, 4) is 5.75 Å². The Hall–Kier alpha value is -1.97. The second-order valence-electron chi connectivity index (χ2n) is 4.57. The van der Waals surface area contributed by atoms with E-state index in [0.29, 0.717) is 6.42 Å². The lowest BCUT2D eigenvalue weighted by Crippen LogP contribution is -2.11. The van der Waals surface area contributed by atoms with Gasteiger partial charge in [0.05, 0.1) is 18.5 Å². The van der Waals surface area contributed by atoms with Crippen LogP contribution in [0.3, 0.4) is 0 Å². The van der Waals surface area contributed by atoms with Crippen molar-refractivity contribution in [1.82, 2.24) is 4.57 Å². The Bertz CT molecular complexity index is 586. The molecule has 0 aliphatic heterocycles. The van der Waals surface area contributed by atoms with Crippen LogP contribution >= 0.6 is 0 Å². The first-order valence-corrected chi connectivity index (χ1v) is 5.88. The number of benzene rings is 1. The third-order valence-corrected chi connectivity index (χ3v) is 3.21. The number of carboxylic acid groups (broad SMARTS) is 1. The number of ether oxygens (including phenoxy) is 1. The minimum atomic E-state index is -0.769. The van der Waals surface area contributed by atoms with E-state index in [4.69, 9.17) is 9.84 Å². The van der Waals surface area contributed by atoms with Gasteiger partial charge in [-0.15, -0.1) is 0 Å². The summed E-state index contributed by atoms with van der Waals surface area (Å²) in [5, 5.41) is 10.1. The van der Waals surface area contributed by atoms with Crippen molar-refractivity contribution in [2.24, 2.45) is 13.0 Å². The maximum atomic E-state index is 10.9. The molecule has 0 radical (unpaired) electrons. The molecule has 4 nitrogen and oxygen atoms in total. The molecular weight excluding hydrogens is 230 g/mol. The van der Waals surface area contributed by atoms with Crippen LogP contribution in [0.2, 0.25) is 0 Å². The standard InChI is InChI=1S/C14H17NO3/c1-9(14(16)17)7-10-8-15(2)13-11(10)5-4-6-12(13)18-3/h4-6,8-9H,7H2,1-3H3,(H,16,17). The van der Waals surface area contributed by atoms with Crippen LogP contribution < -0.4 is 4.74 Å². The number of nitrogens with zero attached hydrogens (tertiary/aromatic N) is 1. The van der Waals surface area contributed by atoms with E-state index >= 15 is 0 Å². The molecule has 0 amide bonds. The van der Waals surface area contributed by atoms with Crippen LogP contribution in [0.25, 0.3) is 10.9 Å².